The van der Waals surface area contributed by atoms with Crippen LogP contribution in [0.2, 0.25) is 0 Å². The van der Waals surface area contributed by atoms with Gasteiger partial charge in [0.1, 0.15) is 0 Å². The standard InChI is InChI=1S/C15H24N2O2/c1-15(2,3)11-8-9-13(12(10-11)16(4)5)19-14(18)17(6)7/h8-10H,1-7H3. The van der Waals surface area contributed by atoms with E-state index in [1.165, 1.54) is 10.5 Å². The normalized spacial score (nSPS) is 11.1. The van der Waals surface area contributed by atoms with Crippen molar-refractivity contribution >= 4 is 11.8 Å². The second-order valence-corrected chi connectivity index (χ2v) is 6.09. The zero-order valence-electron chi connectivity index (χ0n) is 12.9. The van der Waals surface area contributed by atoms with Crippen LogP contribution in [-0.2, 0) is 5.41 Å². The maximum Gasteiger partial charge on any atom is 0.414 e. The fraction of sp³-hybridized carbons (Fsp3) is 0.533. The number of amides is 1. The van der Waals surface area contributed by atoms with E-state index in [0.717, 1.165) is 5.69 Å². The van der Waals surface area contributed by atoms with Crippen molar-refractivity contribution < 1.29 is 9.53 Å². The summed E-state index contributed by atoms with van der Waals surface area (Å²) in [5.41, 5.74) is 2.18. The molecule has 1 aromatic carbocycles. The van der Waals surface area contributed by atoms with Crippen molar-refractivity contribution in [1.29, 1.82) is 0 Å². The molecule has 0 aromatic heterocycles. The summed E-state index contributed by atoms with van der Waals surface area (Å²) in [5, 5.41) is 0. The summed E-state index contributed by atoms with van der Waals surface area (Å²) in [5.74, 6) is 0.580. The molecule has 106 valence electrons. The quantitative estimate of drug-likeness (QED) is 0.823. The van der Waals surface area contributed by atoms with Gasteiger partial charge in [0.05, 0.1) is 5.69 Å². The Labute approximate surface area is 116 Å². The first-order chi connectivity index (χ1) is 8.62. The van der Waals surface area contributed by atoms with Gasteiger partial charge in [-0.15, -0.1) is 0 Å². The molecule has 0 saturated heterocycles. The average molecular weight is 264 g/mol. The Balaban J connectivity index is 3.16. The molecule has 0 atom stereocenters. The fourth-order valence-electron chi connectivity index (χ4n) is 1.61. The lowest BCUT2D eigenvalue weighted by Gasteiger charge is -2.24. The van der Waals surface area contributed by atoms with Crippen molar-refractivity contribution in [2.45, 2.75) is 26.2 Å². The summed E-state index contributed by atoms with van der Waals surface area (Å²) in [6, 6.07) is 5.93. The highest BCUT2D eigenvalue weighted by Gasteiger charge is 2.18. The SMILES string of the molecule is CN(C)C(=O)Oc1ccc(C(C)(C)C)cc1N(C)C. The summed E-state index contributed by atoms with van der Waals surface area (Å²) in [6.07, 6.45) is -0.369. The van der Waals surface area contributed by atoms with Crippen LogP contribution in [0.5, 0.6) is 5.75 Å². The molecular weight excluding hydrogens is 240 g/mol. The highest BCUT2D eigenvalue weighted by Crippen LogP contribution is 2.33. The van der Waals surface area contributed by atoms with Gasteiger partial charge in [0, 0.05) is 28.2 Å². The first-order valence-corrected chi connectivity index (χ1v) is 6.34. The summed E-state index contributed by atoms with van der Waals surface area (Å²) in [4.78, 5) is 15.0. The Kier molecular flexibility index (Phi) is 4.45. The average Bonchev–Trinajstić information content (AvgIpc) is 2.27. The Bertz CT molecular complexity index is 460. The van der Waals surface area contributed by atoms with Gasteiger partial charge in [0.25, 0.3) is 0 Å². The van der Waals surface area contributed by atoms with E-state index in [0.29, 0.717) is 5.75 Å². The third-order valence-electron chi connectivity index (χ3n) is 2.87. The van der Waals surface area contributed by atoms with Crippen LogP contribution in [0.3, 0.4) is 0 Å². The zero-order valence-corrected chi connectivity index (χ0v) is 12.9. The van der Waals surface area contributed by atoms with Crippen LogP contribution in [-0.4, -0.2) is 39.2 Å². The molecule has 0 unspecified atom stereocenters. The number of rotatable bonds is 2. The van der Waals surface area contributed by atoms with Gasteiger partial charge in [-0.1, -0.05) is 26.8 Å². The van der Waals surface area contributed by atoms with E-state index in [1.807, 2.05) is 31.1 Å². The maximum absolute atomic E-state index is 11.7. The van der Waals surface area contributed by atoms with Crippen molar-refractivity contribution in [2.75, 3.05) is 33.1 Å². The molecule has 0 aliphatic heterocycles. The predicted octanol–water partition coefficient (Wildman–Crippen LogP) is 3.11. The molecule has 1 aromatic rings. The molecule has 0 saturated carbocycles. The van der Waals surface area contributed by atoms with Gasteiger partial charge in [-0.2, -0.15) is 0 Å². The topological polar surface area (TPSA) is 32.8 Å². The minimum atomic E-state index is -0.369. The monoisotopic (exact) mass is 264 g/mol. The molecule has 0 fully saturated rings. The number of hydrogen-bond donors (Lipinski definition) is 0. The third-order valence-corrected chi connectivity index (χ3v) is 2.87. The van der Waals surface area contributed by atoms with E-state index >= 15 is 0 Å². The second-order valence-electron chi connectivity index (χ2n) is 6.09. The zero-order chi connectivity index (χ0) is 14.8. The molecule has 0 heterocycles. The van der Waals surface area contributed by atoms with Crippen molar-refractivity contribution in [3.8, 4) is 5.75 Å². The lowest BCUT2D eigenvalue weighted by Crippen LogP contribution is -2.26. The molecule has 0 N–H and O–H groups in total. The lowest BCUT2D eigenvalue weighted by atomic mass is 9.86. The van der Waals surface area contributed by atoms with Crippen molar-refractivity contribution in [1.82, 2.24) is 4.90 Å². The molecule has 0 aliphatic rings. The van der Waals surface area contributed by atoms with Gasteiger partial charge in [0.2, 0.25) is 0 Å². The summed E-state index contributed by atoms with van der Waals surface area (Å²) in [6.45, 7) is 6.48. The van der Waals surface area contributed by atoms with Crippen molar-refractivity contribution in [2.24, 2.45) is 0 Å². The molecule has 4 heteroatoms. The first kappa shape index (κ1) is 15.3. The summed E-state index contributed by atoms with van der Waals surface area (Å²) < 4.78 is 5.38. The van der Waals surface area contributed by atoms with Gasteiger partial charge in [-0.25, -0.2) is 4.79 Å². The molecule has 4 nitrogen and oxygen atoms in total. The van der Waals surface area contributed by atoms with E-state index in [-0.39, 0.29) is 11.5 Å². The summed E-state index contributed by atoms with van der Waals surface area (Å²) in [7, 11) is 7.21. The molecule has 0 bridgehead atoms. The Morgan fingerprint density at radius 3 is 2.11 bits per heavy atom. The van der Waals surface area contributed by atoms with Crippen LogP contribution < -0.4 is 9.64 Å². The molecule has 0 spiro atoms. The molecular formula is C15H24N2O2. The molecule has 1 rings (SSSR count). The fourth-order valence-corrected chi connectivity index (χ4v) is 1.61. The predicted molar refractivity (Wildman–Crippen MR) is 79.2 cm³/mol. The van der Waals surface area contributed by atoms with E-state index in [4.69, 9.17) is 4.74 Å². The Morgan fingerprint density at radius 1 is 1.11 bits per heavy atom. The second kappa shape index (κ2) is 5.51. The van der Waals surface area contributed by atoms with Crippen LogP contribution in [0.15, 0.2) is 18.2 Å². The van der Waals surface area contributed by atoms with Crippen LogP contribution in [0.25, 0.3) is 0 Å². The van der Waals surface area contributed by atoms with Gasteiger partial charge < -0.3 is 14.5 Å². The number of hydrogen-bond acceptors (Lipinski definition) is 3. The number of ether oxygens (including phenoxy) is 1. The van der Waals surface area contributed by atoms with Gasteiger partial charge in [-0.05, 0) is 23.1 Å². The Hall–Kier alpha value is -1.71. The maximum atomic E-state index is 11.7. The Morgan fingerprint density at radius 2 is 1.68 bits per heavy atom. The largest absolute Gasteiger partial charge is 0.414 e. The van der Waals surface area contributed by atoms with Gasteiger partial charge in [-0.3, -0.25) is 0 Å². The minimum absolute atomic E-state index is 0.0643. The number of carbonyl (C=O) groups excluding carboxylic acids is 1. The highest BCUT2D eigenvalue weighted by atomic mass is 16.6. The molecule has 0 radical (unpaired) electrons. The van der Waals surface area contributed by atoms with Crippen LogP contribution in [0.1, 0.15) is 26.3 Å². The molecule has 1 amide bonds. The molecule has 0 aliphatic carbocycles. The number of anilines is 1. The van der Waals surface area contributed by atoms with Crippen LogP contribution in [0.4, 0.5) is 10.5 Å². The highest BCUT2D eigenvalue weighted by molar-refractivity contribution is 5.73. The van der Waals surface area contributed by atoms with Crippen LogP contribution >= 0.6 is 0 Å². The summed E-state index contributed by atoms with van der Waals surface area (Å²) >= 11 is 0. The number of benzene rings is 1. The first-order valence-electron chi connectivity index (χ1n) is 6.34. The van der Waals surface area contributed by atoms with Crippen molar-refractivity contribution in [3.63, 3.8) is 0 Å². The van der Waals surface area contributed by atoms with Crippen LogP contribution in [0, 0.1) is 0 Å². The third kappa shape index (κ3) is 3.88. The van der Waals surface area contributed by atoms with Gasteiger partial charge >= 0.3 is 6.09 Å². The minimum Gasteiger partial charge on any atom is -0.408 e. The number of nitrogens with zero attached hydrogens (tertiary/aromatic N) is 2. The van der Waals surface area contributed by atoms with Gasteiger partial charge in [0.15, 0.2) is 5.75 Å². The van der Waals surface area contributed by atoms with E-state index < -0.39 is 0 Å². The van der Waals surface area contributed by atoms with E-state index in [9.17, 15) is 4.79 Å². The lowest BCUT2D eigenvalue weighted by molar-refractivity contribution is 0.172. The van der Waals surface area contributed by atoms with E-state index in [2.05, 4.69) is 26.8 Å². The number of carbonyl (C=O) groups is 1. The molecule has 19 heavy (non-hydrogen) atoms. The van der Waals surface area contributed by atoms with Crippen molar-refractivity contribution in [3.05, 3.63) is 23.8 Å². The smallest absolute Gasteiger partial charge is 0.408 e. The van der Waals surface area contributed by atoms with E-state index in [1.54, 1.807) is 14.1 Å².